The predicted molar refractivity (Wildman–Crippen MR) is 95.8 cm³/mol. The van der Waals surface area contributed by atoms with Crippen LogP contribution in [-0.4, -0.2) is 32.3 Å². The minimum Gasteiger partial charge on any atom is -0.497 e. The Balaban J connectivity index is 1.35. The van der Waals surface area contributed by atoms with Crippen LogP contribution in [0.15, 0.2) is 53.1 Å². The molecule has 0 aliphatic carbocycles. The fraction of sp³-hybridized carbons (Fsp3) is 0.250. The van der Waals surface area contributed by atoms with E-state index in [2.05, 4.69) is 5.32 Å². The molecule has 1 amide bonds. The summed E-state index contributed by atoms with van der Waals surface area (Å²) < 4.78 is 22.2. The second-order valence-corrected chi connectivity index (χ2v) is 6.10. The van der Waals surface area contributed by atoms with Crippen molar-refractivity contribution in [3.05, 3.63) is 54.3 Å². The molecule has 0 fully saturated rings. The van der Waals surface area contributed by atoms with Crippen LogP contribution in [0, 0.1) is 0 Å². The highest BCUT2D eigenvalue weighted by Crippen LogP contribution is 2.30. The van der Waals surface area contributed by atoms with Gasteiger partial charge in [0.1, 0.15) is 24.0 Å². The molecule has 2 aromatic carbocycles. The highest BCUT2D eigenvalue weighted by molar-refractivity contribution is 5.88. The fourth-order valence-electron chi connectivity index (χ4n) is 2.95. The molecule has 26 heavy (non-hydrogen) atoms. The van der Waals surface area contributed by atoms with Crippen molar-refractivity contribution in [1.29, 1.82) is 0 Å². The SMILES string of the molecule is COc1ccc2c(CC(=O)NCC3COc4ccccc4O3)coc2c1. The molecule has 0 saturated heterocycles. The largest absolute Gasteiger partial charge is 0.497 e. The number of carbonyl (C=O) groups is 1. The van der Waals surface area contributed by atoms with Crippen LogP contribution < -0.4 is 19.5 Å². The summed E-state index contributed by atoms with van der Waals surface area (Å²) in [5, 5.41) is 3.81. The van der Waals surface area contributed by atoms with Gasteiger partial charge >= 0.3 is 0 Å². The maximum absolute atomic E-state index is 12.3. The van der Waals surface area contributed by atoms with Crippen molar-refractivity contribution < 1.29 is 23.4 Å². The van der Waals surface area contributed by atoms with E-state index < -0.39 is 0 Å². The van der Waals surface area contributed by atoms with Gasteiger partial charge in [0.25, 0.3) is 0 Å². The first kappa shape index (κ1) is 16.3. The second-order valence-electron chi connectivity index (χ2n) is 6.10. The number of rotatable bonds is 5. The van der Waals surface area contributed by atoms with E-state index in [4.69, 9.17) is 18.6 Å². The van der Waals surface area contributed by atoms with E-state index in [0.717, 1.165) is 22.4 Å². The van der Waals surface area contributed by atoms with Gasteiger partial charge in [0, 0.05) is 17.0 Å². The molecule has 0 saturated carbocycles. The first-order chi connectivity index (χ1) is 12.7. The first-order valence-corrected chi connectivity index (χ1v) is 8.42. The summed E-state index contributed by atoms with van der Waals surface area (Å²) in [5.41, 5.74) is 1.54. The third-order valence-corrected chi connectivity index (χ3v) is 4.31. The quantitative estimate of drug-likeness (QED) is 0.764. The summed E-state index contributed by atoms with van der Waals surface area (Å²) in [7, 11) is 1.61. The molecule has 6 nitrogen and oxygen atoms in total. The molecule has 0 bridgehead atoms. The van der Waals surface area contributed by atoms with E-state index in [-0.39, 0.29) is 18.4 Å². The molecule has 2 heterocycles. The third kappa shape index (κ3) is 3.31. The topological polar surface area (TPSA) is 69.9 Å². The van der Waals surface area contributed by atoms with Crippen molar-refractivity contribution in [2.24, 2.45) is 0 Å². The lowest BCUT2D eigenvalue weighted by molar-refractivity contribution is -0.120. The van der Waals surface area contributed by atoms with Crippen LogP contribution in [0.2, 0.25) is 0 Å². The zero-order chi connectivity index (χ0) is 17.9. The molecule has 3 aromatic rings. The number of fused-ring (bicyclic) bond motifs is 2. The monoisotopic (exact) mass is 353 g/mol. The summed E-state index contributed by atoms with van der Waals surface area (Å²) >= 11 is 0. The zero-order valence-electron chi connectivity index (χ0n) is 14.4. The Morgan fingerprint density at radius 3 is 2.92 bits per heavy atom. The number of ether oxygens (including phenoxy) is 3. The number of furan rings is 1. The Hall–Kier alpha value is -3.15. The number of methoxy groups -OCH3 is 1. The lowest BCUT2D eigenvalue weighted by Crippen LogP contribution is -2.41. The average molecular weight is 353 g/mol. The zero-order valence-corrected chi connectivity index (χ0v) is 14.4. The van der Waals surface area contributed by atoms with Crippen LogP contribution in [0.5, 0.6) is 17.2 Å². The second kappa shape index (κ2) is 7.00. The van der Waals surface area contributed by atoms with E-state index >= 15 is 0 Å². The van der Waals surface area contributed by atoms with E-state index in [1.165, 1.54) is 0 Å². The van der Waals surface area contributed by atoms with Gasteiger partial charge in [0.05, 0.1) is 26.3 Å². The molecule has 1 atom stereocenters. The van der Waals surface area contributed by atoms with Crippen LogP contribution >= 0.6 is 0 Å². The van der Waals surface area contributed by atoms with Crippen LogP contribution in [0.1, 0.15) is 5.56 Å². The van der Waals surface area contributed by atoms with Gasteiger partial charge < -0.3 is 23.9 Å². The average Bonchev–Trinajstić information content (AvgIpc) is 3.08. The fourth-order valence-corrected chi connectivity index (χ4v) is 2.95. The van der Waals surface area contributed by atoms with Gasteiger partial charge in [0.15, 0.2) is 11.5 Å². The van der Waals surface area contributed by atoms with Gasteiger partial charge in [-0.3, -0.25) is 4.79 Å². The van der Waals surface area contributed by atoms with Crippen molar-refractivity contribution in [3.8, 4) is 17.2 Å². The Kier molecular flexibility index (Phi) is 4.39. The van der Waals surface area contributed by atoms with Crippen molar-refractivity contribution >= 4 is 16.9 Å². The summed E-state index contributed by atoms with van der Waals surface area (Å²) in [6.07, 6.45) is 1.64. The van der Waals surface area contributed by atoms with Gasteiger partial charge in [-0.15, -0.1) is 0 Å². The molecule has 1 aromatic heterocycles. The van der Waals surface area contributed by atoms with Crippen LogP contribution in [0.25, 0.3) is 11.0 Å². The summed E-state index contributed by atoms with van der Waals surface area (Å²) in [6.45, 7) is 0.794. The molecule has 0 radical (unpaired) electrons. The molecule has 134 valence electrons. The number of nitrogens with one attached hydrogen (secondary N) is 1. The Labute approximate surface area is 150 Å². The van der Waals surface area contributed by atoms with Crippen molar-refractivity contribution in [2.45, 2.75) is 12.5 Å². The lowest BCUT2D eigenvalue weighted by atomic mass is 10.1. The molecule has 1 aliphatic heterocycles. The third-order valence-electron chi connectivity index (χ3n) is 4.31. The molecule has 6 heteroatoms. The number of amides is 1. The highest BCUT2D eigenvalue weighted by Gasteiger charge is 2.21. The highest BCUT2D eigenvalue weighted by atomic mass is 16.6. The van der Waals surface area contributed by atoms with Gasteiger partial charge in [-0.1, -0.05) is 12.1 Å². The summed E-state index contributed by atoms with van der Waals surface area (Å²) in [5.74, 6) is 2.06. The Bertz CT molecular complexity index is 933. The molecule has 1 unspecified atom stereocenters. The van der Waals surface area contributed by atoms with Crippen molar-refractivity contribution in [2.75, 3.05) is 20.3 Å². The van der Waals surface area contributed by atoms with Gasteiger partial charge in [-0.25, -0.2) is 0 Å². The molecular weight excluding hydrogens is 334 g/mol. The first-order valence-electron chi connectivity index (χ1n) is 8.42. The smallest absolute Gasteiger partial charge is 0.224 e. The van der Waals surface area contributed by atoms with E-state index in [1.54, 1.807) is 19.4 Å². The molecule has 1 N–H and O–H groups in total. The van der Waals surface area contributed by atoms with Gasteiger partial charge in [-0.05, 0) is 24.3 Å². The van der Waals surface area contributed by atoms with E-state index in [9.17, 15) is 4.79 Å². The lowest BCUT2D eigenvalue weighted by Gasteiger charge is -2.26. The Morgan fingerprint density at radius 2 is 2.08 bits per heavy atom. The normalized spacial score (nSPS) is 15.7. The molecule has 0 spiro atoms. The number of hydrogen-bond donors (Lipinski definition) is 1. The molecule has 1 aliphatic rings. The summed E-state index contributed by atoms with van der Waals surface area (Å²) in [6, 6.07) is 13.1. The number of hydrogen-bond acceptors (Lipinski definition) is 5. The Morgan fingerprint density at radius 1 is 1.23 bits per heavy atom. The van der Waals surface area contributed by atoms with Crippen molar-refractivity contribution in [1.82, 2.24) is 5.32 Å². The van der Waals surface area contributed by atoms with Crippen LogP contribution in [-0.2, 0) is 11.2 Å². The molecule has 4 rings (SSSR count). The number of carbonyl (C=O) groups excluding carboxylic acids is 1. The number of para-hydroxylation sites is 2. The molecular formula is C20H19NO5. The van der Waals surface area contributed by atoms with Crippen LogP contribution in [0.4, 0.5) is 0 Å². The maximum Gasteiger partial charge on any atom is 0.224 e. The van der Waals surface area contributed by atoms with Crippen LogP contribution in [0.3, 0.4) is 0 Å². The summed E-state index contributed by atoms with van der Waals surface area (Å²) in [4.78, 5) is 12.3. The standard InChI is InChI=1S/C20H19NO5/c1-23-14-6-7-16-13(11-24-19(16)9-14)8-20(22)21-10-15-12-25-17-4-2-3-5-18(17)26-15/h2-7,9,11,15H,8,10,12H2,1H3,(H,21,22). The van der Waals surface area contributed by atoms with Gasteiger partial charge in [-0.2, -0.15) is 0 Å². The number of benzene rings is 2. The minimum atomic E-state index is -0.209. The maximum atomic E-state index is 12.3. The predicted octanol–water partition coefficient (Wildman–Crippen LogP) is 2.94. The van der Waals surface area contributed by atoms with E-state index in [0.29, 0.717) is 24.5 Å². The van der Waals surface area contributed by atoms with Crippen molar-refractivity contribution in [3.63, 3.8) is 0 Å². The minimum absolute atomic E-state index is 0.0917. The van der Waals surface area contributed by atoms with Gasteiger partial charge in [0.2, 0.25) is 5.91 Å². The van der Waals surface area contributed by atoms with E-state index in [1.807, 2.05) is 36.4 Å².